The second-order valence-electron chi connectivity index (χ2n) is 3.03. The number of carbonyl (C=O) groups is 2. The van der Waals surface area contributed by atoms with Gasteiger partial charge in [-0.3, -0.25) is 9.59 Å². The molecule has 0 aliphatic carbocycles. The van der Waals surface area contributed by atoms with Crippen molar-refractivity contribution in [3.05, 3.63) is 11.1 Å². The molecule has 0 heterocycles. The summed E-state index contributed by atoms with van der Waals surface area (Å²) >= 11 is 0. The summed E-state index contributed by atoms with van der Waals surface area (Å²) < 4.78 is 71.4. The Morgan fingerprint density at radius 1 is 0.750 bits per heavy atom. The monoisotopic (exact) mass is 248 g/mol. The van der Waals surface area contributed by atoms with Gasteiger partial charge in [0.15, 0.2) is 0 Å². The minimum atomic E-state index is -5.51. The zero-order chi connectivity index (χ0) is 13.3. The molecular weight excluding hydrogens is 242 g/mol. The third-order valence-electron chi connectivity index (χ3n) is 1.47. The molecule has 0 aliphatic rings. The second-order valence-corrected chi connectivity index (χ2v) is 3.03. The largest absolute Gasteiger partial charge is 0.455 e. The van der Waals surface area contributed by atoms with E-state index in [1.807, 2.05) is 0 Å². The molecule has 0 atom stereocenters. The van der Waals surface area contributed by atoms with Crippen LogP contribution in [0.25, 0.3) is 0 Å². The molecule has 0 bridgehead atoms. The predicted molar refractivity (Wildman–Crippen MR) is 40.5 cm³/mol. The highest BCUT2D eigenvalue weighted by atomic mass is 19.4. The molecule has 2 nitrogen and oxygen atoms in total. The van der Waals surface area contributed by atoms with Gasteiger partial charge >= 0.3 is 12.4 Å². The molecule has 16 heavy (non-hydrogen) atoms. The van der Waals surface area contributed by atoms with Gasteiger partial charge in [-0.05, 0) is 13.8 Å². The summed E-state index contributed by atoms with van der Waals surface area (Å²) in [6, 6.07) is 0. The zero-order valence-corrected chi connectivity index (χ0v) is 8.08. The van der Waals surface area contributed by atoms with Crippen LogP contribution in [0, 0.1) is 0 Å². The number of hydrogen-bond acceptors (Lipinski definition) is 2. The van der Waals surface area contributed by atoms with Crippen LogP contribution in [-0.2, 0) is 9.59 Å². The molecule has 92 valence electrons. The molecule has 0 saturated carbocycles. The maximum atomic E-state index is 11.9. The third-order valence-corrected chi connectivity index (χ3v) is 1.47. The van der Waals surface area contributed by atoms with Crippen molar-refractivity contribution in [2.75, 3.05) is 0 Å². The Kier molecular flexibility index (Phi) is 3.91. The first-order chi connectivity index (χ1) is 6.89. The number of Topliss-reactive ketones (excluding diaryl/α,β-unsaturated/α-hetero) is 2. The van der Waals surface area contributed by atoms with Crippen LogP contribution in [0.2, 0.25) is 0 Å². The number of halogens is 6. The van der Waals surface area contributed by atoms with Gasteiger partial charge in [0.05, 0.1) is 5.57 Å². The Labute approximate surface area is 85.9 Å². The van der Waals surface area contributed by atoms with Crippen molar-refractivity contribution in [2.45, 2.75) is 26.2 Å². The van der Waals surface area contributed by atoms with Gasteiger partial charge in [0.2, 0.25) is 0 Å². The molecule has 0 aromatic rings. The van der Waals surface area contributed by atoms with Crippen LogP contribution in [0.4, 0.5) is 26.3 Å². The summed E-state index contributed by atoms with van der Waals surface area (Å²) in [7, 11) is 0. The van der Waals surface area contributed by atoms with Gasteiger partial charge in [0.1, 0.15) is 0 Å². The Bertz CT molecular complexity index is 315. The van der Waals surface area contributed by atoms with Gasteiger partial charge in [-0.1, -0.05) is 5.57 Å². The summed E-state index contributed by atoms with van der Waals surface area (Å²) in [5.74, 6) is -5.57. The molecular formula is C8H6F6O2. The Balaban J connectivity index is 5.51. The van der Waals surface area contributed by atoms with E-state index in [4.69, 9.17) is 0 Å². The molecule has 0 saturated heterocycles. The molecule has 0 amide bonds. The lowest BCUT2D eigenvalue weighted by Gasteiger charge is -2.12. The van der Waals surface area contributed by atoms with Gasteiger partial charge in [-0.2, -0.15) is 26.3 Å². The molecule has 0 fully saturated rings. The van der Waals surface area contributed by atoms with E-state index in [-0.39, 0.29) is 0 Å². The van der Waals surface area contributed by atoms with E-state index in [2.05, 4.69) is 0 Å². The van der Waals surface area contributed by atoms with E-state index < -0.39 is 35.1 Å². The SMILES string of the molecule is CC(C)=C(C(=O)C(F)(F)F)C(=O)C(F)(F)F. The van der Waals surface area contributed by atoms with Crippen molar-refractivity contribution >= 4 is 11.6 Å². The second kappa shape index (κ2) is 4.26. The first-order valence-corrected chi connectivity index (χ1v) is 3.79. The van der Waals surface area contributed by atoms with Crippen molar-refractivity contribution in [2.24, 2.45) is 0 Å². The Hall–Kier alpha value is -1.34. The Morgan fingerprint density at radius 3 is 1.12 bits per heavy atom. The zero-order valence-electron chi connectivity index (χ0n) is 8.08. The lowest BCUT2D eigenvalue weighted by Crippen LogP contribution is -2.35. The highest BCUT2D eigenvalue weighted by molar-refractivity contribution is 6.24. The molecule has 0 radical (unpaired) electrons. The number of carbonyl (C=O) groups excluding carboxylic acids is 2. The van der Waals surface area contributed by atoms with Crippen LogP contribution >= 0.6 is 0 Å². The molecule has 0 aliphatic heterocycles. The van der Waals surface area contributed by atoms with E-state index in [0.29, 0.717) is 0 Å². The molecule has 0 aromatic carbocycles. The molecule has 8 heteroatoms. The van der Waals surface area contributed by atoms with Crippen molar-refractivity contribution in [3.63, 3.8) is 0 Å². The first kappa shape index (κ1) is 14.7. The number of ketones is 2. The van der Waals surface area contributed by atoms with Crippen molar-refractivity contribution < 1.29 is 35.9 Å². The van der Waals surface area contributed by atoms with Crippen LogP contribution in [-0.4, -0.2) is 23.9 Å². The minimum absolute atomic E-state index is 0.635. The maximum Gasteiger partial charge on any atom is 0.455 e. The van der Waals surface area contributed by atoms with Crippen LogP contribution < -0.4 is 0 Å². The van der Waals surface area contributed by atoms with E-state index in [0.717, 1.165) is 13.8 Å². The highest BCUT2D eigenvalue weighted by Crippen LogP contribution is 2.28. The standard InChI is InChI=1S/C8H6F6O2/c1-3(2)4(5(15)7(9,10)11)6(16)8(12,13)14/h1-2H3. The van der Waals surface area contributed by atoms with Gasteiger partial charge in [-0.25, -0.2) is 0 Å². The van der Waals surface area contributed by atoms with Crippen molar-refractivity contribution in [3.8, 4) is 0 Å². The van der Waals surface area contributed by atoms with Gasteiger partial charge in [0, 0.05) is 0 Å². The quantitative estimate of drug-likeness (QED) is 0.326. The van der Waals surface area contributed by atoms with Crippen LogP contribution in [0.5, 0.6) is 0 Å². The molecule has 0 rings (SSSR count). The number of hydrogen-bond donors (Lipinski definition) is 0. The molecule has 0 N–H and O–H groups in total. The average molecular weight is 248 g/mol. The van der Waals surface area contributed by atoms with E-state index in [9.17, 15) is 35.9 Å². The molecule has 0 aromatic heterocycles. The topological polar surface area (TPSA) is 34.1 Å². The summed E-state index contributed by atoms with van der Waals surface area (Å²) in [4.78, 5) is 21.2. The third kappa shape index (κ3) is 3.35. The lowest BCUT2D eigenvalue weighted by molar-refractivity contribution is -0.175. The van der Waals surface area contributed by atoms with Gasteiger partial charge < -0.3 is 0 Å². The smallest absolute Gasteiger partial charge is 0.284 e. The maximum absolute atomic E-state index is 11.9. The molecule has 0 spiro atoms. The van der Waals surface area contributed by atoms with Crippen LogP contribution in [0.15, 0.2) is 11.1 Å². The summed E-state index contributed by atoms with van der Waals surface area (Å²) in [6.07, 6.45) is -11.0. The fourth-order valence-electron chi connectivity index (χ4n) is 0.841. The van der Waals surface area contributed by atoms with Gasteiger partial charge in [-0.15, -0.1) is 0 Å². The fraction of sp³-hybridized carbons (Fsp3) is 0.500. The number of rotatable bonds is 2. The number of alkyl halides is 6. The number of allylic oxidation sites excluding steroid dienone is 2. The van der Waals surface area contributed by atoms with Crippen LogP contribution in [0.3, 0.4) is 0 Å². The average Bonchev–Trinajstić information content (AvgIpc) is 1.99. The summed E-state index contributed by atoms with van der Waals surface area (Å²) in [5.41, 5.74) is -2.51. The summed E-state index contributed by atoms with van der Waals surface area (Å²) in [6.45, 7) is 1.64. The van der Waals surface area contributed by atoms with E-state index in [1.165, 1.54) is 0 Å². The predicted octanol–water partition coefficient (Wildman–Crippen LogP) is 2.59. The van der Waals surface area contributed by atoms with Gasteiger partial charge in [0.25, 0.3) is 11.6 Å². The van der Waals surface area contributed by atoms with E-state index >= 15 is 0 Å². The fourth-order valence-corrected chi connectivity index (χ4v) is 0.841. The molecule has 0 unspecified atom stereocenters. The van der Waals surface area contributed by atoms with E-state index in [1.54, 1.807) is 0 Å². The normalized spacial score (nSPS) is 12.2. The highest BCUT2D eigenvalue weighted by Gasteiger charge is 2.50. The first-order valence-electron chi connectivity index (χ1n) is 3.79. The van der Waals surface area contributed by atoms with Crippen molar-refractivity contribution in [1.82, 2.24) is 0 Å². The van der Waals surface area contributed by atoms with Crippen LogP contribution in [0.1, 0.15) is 13.8 Å². The lowest BCUT2D eigenvalue weighted by atomic mass is 10.0. The minimum Gasteiger partial charge on any atom is -0.284 e. The van der Waals surface area contributed by atoms with Crippen molar-refractivity contribution in [1.29, 1.82) is 0 Å². The Morgan fingerprint density at radius 2 is 1.00 bits per heavy atom. The summed E-state index contributed by atoms with van der Waals surface area (Å²) in [5, 5.41) is 0.